The van der Waals surface area contributed by atoms with Gasteiger partial charge in [0.25, 0.3) is 0 Å². The summed E-state index contributed by atoms with van der Waals surface area (Å²) in [5, 5.41) is 3.52. The van der Waals surface area contributed by atoms with Crippen molar-refractivity contribution in [3.8, 4) is 33.8 Å². The van der Waals surface area contributed by atoms with Gasteiger partial charge in [-0.1, -0.05) is 105 Å². The van der Waals surface area contributed by atoms with Gasteiger partial charge in [0, 0.05) is 37.7 Å². The average molecular weight is 877 g/mol. The van der Waals surface area contributed by atoms with Crippen molar-refractivity contribution in [2.45, 2.75) is 59.8 Å². The number of pyridine rings is 2. The number of hydrogen-bond donors (Lipinski definition) is 0. The predicted octanol–water partition coefficient (Wildman–Crippen LogP) is 11.3. The molecule has 0 spiro atoms. The number of benzene rings is 4. The van der Waals surface area contributed by atoms with Gasteiger partial charge >= 0.3 is 0 Å². The third-order valence-corrected chi connectivity index (χ3v) is 11.2. The van der Waals surface area contributed by atoms with Gasteiger partial charge in [0.15, 0.2) is 0 Å². The van der Waals surface area contributed by atoms with Crippen LogP contribution in [0.15, 0.2) is 120 Å². The van der Waals surface area contributed by atoms with E-state index in [2.05, 4.69) is 135 Å². The minimum absolute atomic E-state index is 0. The van der Waals surface area contributed by atoms with Crippen molar-refractivity contribution in [3.05, 3.63) is 133 Å². The Labute approximate surface area is 321 Å². The molecule has 4 aromatic carbocycles. The van der Waals surface area contributed by atoms with Gasteiger partial charge in [-0.2, -0.15) is 0 Å². The Morgan fingerprint density at radius 3 is 2.23 bits per heavy atom. The smallest absolute Gasteiger partial charge is 0.141 e. The van der Waals surface area contributed by atoms with Crippen LogP contribution in [0.25, 0.3) is 66.9 Å². The van der Waals surface area contributed by atoms with Crippen LogP contribution < -0.4 is 5.19 Å². The van der Waals surface area contributed by atoms with E-state index in [9.17, 15) is 0 Å². The first-order chi connectivity index (χ1) is 24.6. The summed E-state index contributed by atoms with van der Waals surface area (Å²) in [4.78, 5) is 14.1. The van der Waals surface area contributed by atoms with Gasteiger partial charge in [0.2, 0.25) is 0 Å². The van der Waals surface area contributed by atoms with Crippen molar-refractivity contribution in [2.75, 3.05) is 0 Å². The molecule has 0 aliphatic carbocycles. The van der Waals surface area contributed by atoms with Gasteiger partial charge in [-0.25, -0.2) is 0 Å². The fourth-order valence-electron chi connectivity index (χ4n) is 6.78. The Morgan fingerprint density at radius 1 is 0.769 bits per heavy atom. The molecule has 8 aromatic rings. The molecule has 4 heterocycles. The zero-order chi connectivity index (χ0) is 35.7. The Balaban J connectivity index is 0.000000193. The van der Waals surface area contributed by atoms with Crippen LogP contribution in [0.5, 0.6) is 0 Å². The van der Waals surface area contributed by atoms with Gasteiger partial charge in [-0.3, -0.25) is 4.98 Å². The van der Waals surface area contributed by atoms with E-state index in [0.29, 0.717) is 11.6 Å². The molecule has 0 unspecified atom stereocenters. The van der Waals surface area contributed by atoms with Gasteiger partial charge in [0.05, 0.1) is 24.9 Å². The largest absolute Gasteiger partial charge is 0.483 e. The van der Waals surface area contributed by atoms with E-state index >= 15 is 0 Å². The van der Waals surface area contributed by atoms with Crippen LogP contribution in [0.4, 0.5) is 0 Å². The van der Waals surface area contributed by atoms with Crippen LogP contribution in [-0.2, 0) is 26.5 Å². The van der Waals surface area contributed by atoms with Crippen molar-refractivity contribution in [1.82, 2.24) is 19.5 Å². The molecule has 5 nitrogen and oxygen atoms in total. The van der Waals surface area contributed by atoms with E-state index in [1.54, 1.807) is 0 Å². The molecule has 8 rings (SSSR count). The molecule has 0 aliphatic rings. The minimum atomic E-state index is -1.34. The Hall–Kier alpha value is -4.68. The average Bonchev–Trinajstić information content (AvgIpc) is 3.70. The first-order valence-corrected chi connectivity index (χ1v) is 21.3. The molecule has 0 bridgehead atoms. The van der Waals surface area contributed by atoms with Crippen molar-refractivity contribution < 1.29 is 24.5 Å². The summed E-state index contributed by atoms with van der Waals surface area (Å²) in [6.45, 7) is 16.1. The van der Waals surface area contributed by atoms with Crippen LogP contribution >= 0.6 is 0 Å². The maximum Gasteiger partial charge on any atom is 0.141 e. The van der Waals surface area contributed by atoms with Crippen LogP contribution in [0, 0.1) is 18.2 Å². The number of hydrogen-bond acceptors (Lipinski definition) is 4. The zero-order valence-corrected chi connectivity index (χ0v) is 34.3. The van der Waals surface area contributed by atoms with Crippen LogP contribution in [0.3, 0.4) is 0 Å². The topological polar surface area (TPSA) is 56.7 Å². The molecule has 0 N–H and O–H groups in total. The standard InChI is InChI=1S/C27H20N3O.C18H24NSi.Ir/c1-17(2)30-24-11-7-6-10-23(24)29-26(30)20-14-22-21-13-12-19(18-8-4-3-5-9-18)15-25(21)31-27(22)28-16-20;1-14(2)11-16-12-17(15-9-7-6-8-10-15)19-13-18(16)20(3,4)5;/h3-15,17H,1-2H3;6-9,12-14H,11H2,1-5H3;/q2*-1;. The molecule has 0 amide bonds. The molecule has 4 aromatic heterocycles. The van der Waals surface area contributed by atoms with Crippen molar-refractivity contribution >= 4 is 46.4 Å². The summed E-state index contributed by atoms with van der Waals surface area (Å²) in [5.74, 6) is 1.54. The molecule has 0 atom stereocenters. The molecule has 52 heavy (non-hydrogen) atoms. The van der Waals surface area contributed by atoms with Crippen LogP contribution in [-0.4, -0.2) is 27.6 Å². The van der Waals surface area contributed by atoms with Crippen LogP contribution in [0.1, 0.15) is 39.3 Å². The molecular formula is C45H44IrN4OSi-2. The van der Waals surface area contributed by atoms with E-state index < -0.39 is 8.07 Å². The number of fused-ring (bicyclic) bond motifs is 4. The maximum atomic E-state index is 6.07. The summed E-state index contributed by atoms with van der Waals surface area (Å²) >= 11 is 0. The summed E-state index contributed by atoms with van der Waals surface area (Å²) in [7, 11) is -1.34. The predicted molar refractivity (Wildman–Crippen MR) is 215 cm³/mol. The first kappa shape index (κ1) is 37.1. The van der Waals surface area contributed by atoms with Gasteiger partial charge in [0.1, 0.15) is 11.3 Å². The summed E-state index contributed by atoms with van der Waals surface area (Å²) in [5.41, 5.74) is 10.3. The van der Waals surface area contributed by atoms with Crippen molar-refractivity contribution in [3.63, 3.8) is 0 Å². The molecule has 0 aliphatic heterocycles. The molecule has 0 fully saturated rings. The Kier molecular flexibility index (Phi) is 11.1. The SMILES string of the molecule is CC(C)Cc1cc(-c2[c-]cccc2)ncc1[Si](C)(C)C.CC(C)n1c(-c2[c-]nc3oc4cc(-c5ccccc5)ccc4c3c2)nc2ccccc21.[Ir]. The normalized spacial score (nSPS) is 11.6. The third kappa shape index (κ3) is 7.73. The number of rotatable bonds is 7. The number of aromatic nitrogens is 4. The van der Waals surface area contributed by atoms with Crippen molar-refractivity contribution in [1.29, 1.82) is 0 Å². The molecular weight excluding hydrogens is 833 g/mol. The van der Waals surface area contributed by atoms with Crippen LogP contribution in [0.2, 0.25) is 19.6 Å². The van der Waals surface area contributed by atoms with E-state index in [1.807, 2.05) is 54.6 Å². The second-order valence-corrected chi connectivity index (χ2v) is 20.0. The Morgan fingerprint density at radius 2 is 1.52 bits per heavy atom. The van der Waals surface area contributed by atoms with E-state index in [0.717, 1.165) is 67.6 Å². The van der Waals surface area contributed by atoms with E-state index in [4.69, 9.17) is 9.40 Å². The van der Waals surface area contributed by atoms with E-state index in [1.165, 1.54) is 10.8 Å². The zero-order valence-electron chi connectivity index (χ0n) is 30.9. The molecule has 0 saturated carbocycles. The second kappa shape index (κ2) is 15.5. The van der Waals surface area contributed by atoms with Gasteiger partial charge in [-0.05, 0) is 78.0 Å². The third-order valence-electron chi connectivity index (χ3n) is 9.15. The summed E-state index contributed by atoms with van der Waals surface area (Å²) < 4.78 is 8.31. The number of nitrogens with zero attached hydrogens (tertiary/aromatic N) is 4. The fraction of sp³-hybridized carbons (Fsp3) is 0.222. The van der Waals surface area contributed by atoms with Crippen molar-refractivity contribution in [2.24, 2.45) is 5.92 Å². The van der Waals surface area contributed by atoms with E-state index in [-0.39, 0.29) is 26.1 Å². The van der Waals surface area contributed by atoms with Gasteiger partial charge in [-0.15, -0.1) is 42.0 Å². The second-order valence-electron chi connectivity index (χ2n) is 14.9. The number of furan rings is 1. The molecule has 1 radical (unpaired) electrons. The molecule has 265 valence electrons. The monoisotopic (exact) mass is 877 g/mol. The molecule has 7 heteroatoms. The number of imidazole rings is 1. The quantitative estimate of drug-likeness (QED) is 0.118. The van der Waals surface area contributed by atoms with Gasteiger partial charge < -0.3 is 19.0 Å². The minimum Gasteiger partial charge on any atom is -0.483 e. The summed E-state index contributed by atoms with van der Waals surface area (Å²) in [6, 6.07) is 40.8. The first-order valence-electron chi connectivity index (χ1n) is 17.8. The number of para-hydroxylation sites is 2. The molecule has 0 saturated heterocycles. The Bertz CT molecular complexity index is 2440. The maximum absolute atomic E-state index is 6.07. The fourth-order valence-corrected chi connectivity index (χ4v) is 8.37. The summed E-state index contributed by atoms with van der Waals surface area (Å²) in [6.07, 6.45) is 6.40.